The van der Waals surface area contributed by atoms with Crippen LogP contribution in [0.25, 0.3) is 0 Å². The van der Waals surface area contributed by atoms with Crippen LogP contribution in [0.4, 0.5) is 10.1 Å². The van der Waals surface area contributed by atoms with Crippen LogP contribution < -0.4 is 15.8 Å². The van der Waals surface area contributed by atoms with E-state index in [-0.39, 0.29) is 24.9 Å². The lowest BCUT2D eigenvalue weighted by molar-refractivity contribution is -0.118. The van der Waals surface area contributed by atoms with E-state index in [1.54, 1.807) is 18.2 Å². The Morgan fingerprint density at radius 1 is 1.24 bits per heavy atom. The molecule has 21 heavy (non-hydrogen) atoms. The van der Waals surface area contributed by atoms with E-state index < -0.39 is 0 Å². The van der Waals surface area contributed by atoms with E-state index in [0.29, 0.717) is 16.5 Å². The maximum Gasteiger partial charge on any atom is 0.262 e. The minimum atomic E-state index is -0.371. The fourth-order valence-electron chi connectivity index (χ4n) is 1.74. The average molecular weight is 309 g/mol. The van der Waals surface area contributed by atoms with Crippen LogP contribution in [0.1, 0.15) is 5.56 Å². The highest BCUT2D eigenvalue weighted by Gasteiger charge is 2.10. The van der Waals surface area contributed by atoms with Crippen molar-refractivity contribution in [3.63, 3.8) is 0 Å². The molecule has 0 spiro atoms. The van der Waals surface area contributed by atoms with Gasteiger partial charge in [0.05, 0.1) is 5.02 Å². The molecule has 0 saturated carbocycles. The predicted octanol–water partition coefficient (Wildman–Crippen LogP) is 2.96. The zero-order valence-corrected chi connectivity index (χ0v) is 11.9. The van der Waals surface area contributed by atoms with Gasteiger partial charge in [0.25, 0.3) is 5.91 Å². The summed E-state index contributed by atoms with van der Waals surface area (Å²) in [7, 11) is 0. The van der Waals surface area contributed by atoms with Gasteiger partial charge in [0.15, 0.2) is 6.61 Å². The maximum atomic E-state index is 12.8. The van der Waals surface area contributed by atoms with Gasteiger partial charge in [0.2, 0.25) is 0 Å². The third-order valence-corrected chi connectivity index (χ3v) is 3.04. The molecule has 0 aromatic heterocycles. The molecule has 0 aliphatic heterocycles. The van der Waals surface area contributed by atoms with E-state index in [1.165, 1.54) is 24.3 Å². The van der Waals surface area contributed by atoms with Crippen molar-refractivity contribution in [2.45, 2.75) is 6.54 Å². The summed E-state index contributed by atoms with van der Waals surface area (Å²) < 4.78 is 18.2. The summed E-state index contributed by atoms with van der Waals surface area (Å²) >= 11 is 6.02. The van der Waals surface area contributed by atoms with Gasteiger partial charge in [0.1, 0.15) is 11.6 Å². The van der Waals surface area contributed by atoms with Crippen LogP contribution in [0, 0.1) is 5.82 Å². The molecule has 0 heterocycles. The highest BCUT2D eigenvalue weighted by atomic mass is 35.5. The summed E-state index contributed by atoms with van der Waals surface area (Å²) in [5, 5.41) is 2.99. The lowest BCUT2D eigenvalue weighted by atomic mass is 10.2. The molecule has 0 bridgehead atoms. The molecule has 4 nitrogen and oxygen atoms in total. The number of para-hydroxylation sites is 1. The Labute approximate surface area is 126 Å². The van der Waals surface area contributed by atoms with Crippen molar-refractivity contribution in [3.8, 4) is 5.75 Å². The molecule has 2 rings (SSSR count). The molecular weight excluding hydrogens is 295 g/mol. The molecule has 0 atom stereocenters. The summed E-state index contributed by atoms with van der Waals surface area (Å²) in [4.78, 5) is 11.8. The van der Waals surface area contributed by atoms with Gasteiger partial charge >= 0.3 is 0 Å². The van der Waals surface area contributed by atoms with E-state index in [0.717, 1.165) is 5.56 Å². The zero-order valence-electron chi connectivity index (χ0n) is 11.1. The fourth-order valence-corrected chi connectivity index (χ4v) is 1.99. The standard InChI is InChI=1S/C15H14ClFN2O2/c16-13-3-1-2-10(8-18)15(13)21-9-14(20)19-12-6-4-11(17)5-7-12/h1-7H,8-9,18H2,(H,19,20). The van der Waals surface area contributed by atoms with E-state index in [4.69, 9.17) is 22.1 Å². The summed E-state index contributed by atoms with van der Waals surface area (Å²) in [6.07, 6.45) is 0. The van der Waals surface area contributed by atoms with Crippen LogP contribution in [0.5, 0.6) is 5.75 Å². The summed E-state index contributed by atoms with van der Waals surface area (Å²) in [6, 6.07) is 10.7. The van der Waals surface area contributed by atoms with Gasteiger partial charge in [-0.1, -0.05) is 23.7 Å². The Kier molecular flexibility index (Phi) is 5.14. The van der Waals surface area contributed by atoms with Crippen LogP contribution in [-0.2, 0) is 11.3 Å². The molecule has 0 fully saturated rings. The number of nitrogens with two attached hydrogens (primary N) is 1. The second kappa shape index (κ2) is 7.06. The number of amides is 1. The maximum absolute atomic E-state index is 12.8. The molecule has 0 aliphatic carbocycles. The third-order valence-electron chi connectivity index (χ3n) is 2.74. The molecule has 0 saturated heterocycles. The topological polar surface area (TPSA) is 64.3 Å². The zero-order chi connectivity index (χ0) is 15.2. The lowest BCUT2D eigenvalue weighted by Gasteiger charge is -2.12. The Morgan fingerprint density at radius 2 is 1.95 bits per heavy atom. The van der Waals surface area contributed by atoms with Gasteiger partial charge in [-0.05, 0) is 30.3 Å². The quantitative estimate of drug-likeness (QED) is 0.892. The molecule has 2 aromatic rings. The van der Waals surface area contributed by atoms with Crippen molar-refractivity contribution in [1.29, 1.82) is 0 Å². The highest BCUT2D eigenvalue weighted by molar-refractivity contribution is 6.32. The second-order valence-corrected chi connectivity index (χ2v) is 4.68. The number of rotatable bonds is 5. The molecule has 2 aromatic carbocycles. The normalized spacial score (nSPS) is 10.2. The average Bonchev–Trinajstić information content (AvgIpc) is 2.48. The molecular formula is C15H14ClFN2O2. The largest absolute Gasteiger partial charge is 0.482 e. The third kappa shape index (κ3) is 4.18. The van der Waals surface area contributed by atoms with E-state index in [9.17, 15) is 9.18 Å². The molecule has 6 heteroatoms. The van der Waals surface area contributed by atoms with Crippen molar-refractivity contribution < 1.29 is 13.9 Å². The first-order valence-electron chi connectivity index (χ1n) is 6.26. The highest BCUT2D eigenvalue weighted by Crippen LogP contribution is 2.28. The van der Waals surface area contributed by atoms with Crippen molar-refractivity contribution in [2.24, 2.45) is 5.73 Å². The van der Waals surface area contributed by atoms with Crippen molar-refractivity contribution in [3.05, 3.63) is 58.9 Å². The molecule has 0 aliphatic rings. The fraction of sp³-hybridized carbons (Fsp3) is 0.133. The number of halogens is 2. The van der Waals surface area contributed by atoms with Crippen LogP contribution in [0.2, 0.25) is 5.02 Å². The molecule has 0 unspecified atom stereocenters. The van der Waals surface area contributed by atoms with Gasteiger partial charge in [0, 0.05) is 17.8 Å². The minimum absolute atomic E-state index is 0.214. The number of ether oxygens (including phenoxy) is 1. The number of anilines is 1. The molecule has 0 radical (unpaired) electrons. The smallest absolute Gasteiger partial charge is 0.262 e. The van der Waals surface area contributed by atoms with E-state index >= 15 is 0 Å². The van der Waals surface area contributed by atoms with Gasteiger partial charge < -0.3 is 15.8 Å². The van der Waals surface area contributed by atoms with Gasteiger partial charge in [-0.25, -0.2) is 4.39 Å². The molecule has 3 N–H and O–H groups in total. The number of hydrogen-bond acceptors (Lipinski definition) is 3. The number of hydrogen-bond donors (Lipinski definition) is 2. The minimum Gasteiger partial charge on any atom is -0.482 e. The molecule has 1 amide bonds. The van der Waals surface area contributed by atoms with Crippen molar-refractivity contribution in [2.75, 3.05) is 11.9 Å². The van der Waals surface area contributed by atoms with Crippen molar-refractivity contribution >= 4 is 23.2 Å². The predicted molar refractivity (Wildman–Crippen MR) is 79.9 cm³/mol. The Morgan fingerprint density at radius 3 is 2.62 bits per heavy atom. The summed E-state index contributed by atoms with van der Waals surface area (Å²) in [6.45, 7) is 0.0452. The lowest BCUT2D eigenvalue weighted by Crippen LogP contribution is -2.20. The van der Waals surface area contributed by atoms with Crippen molar-refractivity contribution in [1.82, 2.24) is 0 Å². The second-order valence-electron chi connectivity index (χ2n) is 4.28. The first-order valence-corrected chi connectivity index (χ1v) is 6.63. The first kappa shape index (κ1) is 15.3. The van der Waals surface area contributed by atoms with E-state index in [1.807, 2.05) is 0 Å². The van der Waals surface area contributed by atoms with Crippen LogP contribution in [0.3, 0.4) is 0 Å². The Balaban J connectivity index is 1.97. The van der Waals surface area contributed by atoms with Crippen LogP contribution in [-0.4, -0.2) is 12.5 Å². The number of carbonyl (C=O) groups is 1. The SMILES string of the molecule is NCc1cccc(Cl)c1OCC(=O)Nc1ccc(F)cc1. The number of carbonyl (C=O) groups excluding carboxylic acids is 1. The van der Waals surface area contributed by atoms with Crippen LogP contribution >= 0.6 is 11.6 Å². The molecule has 110 valence electrons. The van der Waals surface area contributed by atoms with Gasteiger partial charge in [-0.2, -0.15) is 0 Å². The summed E-state index contributed by atoms with van der Waals surface area (Å²) in [5.74, 6) is -0.340. The Bertz CT molecular complexity index is 632. The Hall–Kier alpha value is -2.11. The monoisotopic (exact) mass is 308 g/mol. The van der Waals surface area contributed by atoms with Gasteiger partial charge in [-0.3, -0.25) is 4.79 Å². The first-order chi connectivity index (χ1) is 10.1. The summed E-state index contributed by atoms with van der Waals surface area (Å²) in [5.41, 5.74) is 6.80. The number of nitrogens with one attached hydrogen (secondary N) is 1. The van der Waals surface area contributed by atoms with E-state index in [2.05, 4.69) is 5.32 Å². The number of benzene rings is 2. The van der Waals surface area contributed by atoms with Crippen LogP contribution in [0.15, 0.2) is 42.5 Å². The van der Waals surface area contributed by atoms with Gasteiger partial charge in [-0.15, -0.1) is 0 Å².